The van der Waals surface area contributed by atoms with E-state index in [1.54, 1.807) is 0 Å². The number of hydrogen-bond donors (Lipinski definition) is 0. The standard InChI is InChI=1S/C8H12O4/c9-7(10)6(8(11)12)5-3-1-2-4-5/h5-6H,1-4H2,(H,9,10)(H,11,12)/p-2. The minimum absolute atomic E-state index is 0.278. The van der Waals surface area contributed by atoms with Gasteiger partial charge in [-0.3, -0.25) is 0 Å². The average Bonchev–Trinajstić information content (AvgIpc) is 2.37. The van der Waals surface area contributed by atoms with Gasteiger partial charge in [-0.25, -0.2) is 0 Å². The van der Waals surface area contributed by atoms with Crippen molar-refractivity contribution in [1.82, 2.24) is 0 Å². The second-order valence-electron chi connectivity index (χ2n) is 3.16. The molecule has 1 rings (SSSR count). The predicted molar refractivity (Wildman–Crippen MR) is 35.5 cm³/mol. The SMILES string of the molecule is O=C([O-])C(C(=O)[O-])C1CCCC1. The zero-order valence-electron chi connectivity index (χ0n) is 6.62. The molecule has 0 aromatic carbocycles. The summed E-state index contributed by atoms with van der Waals surface area (Å²) in [6.07, 6.45) is 3.13. The topological polar surface area (TPSA) is 80.3 Å². The number of aliphatic carboxylic acids is 2. The number of rotatable bonds is 3. The van der Waals surface area contributed by atoms with Crippen molar-refractivity contribution in [3.05, 3.63) is 0 Å². The van der Waals surface area contributed by atoms with Crippen molar-refractivity contribution < 1.29 is 19.8 Å². The minimum Gasteiger partial charge on any atom is -0.549 e. The van der Waals surface area contributed by atoms with Crippen LogP contribution in [-0.4, -0.2) is 11.9 Å². The molecule has 68 valence electrons. The van der Waals surface area contributed by atoms with Crippen LogP contribution in [0.5, 0.6) is 0 Å². The van der Waals surface area contributed by atoms with Crippen LogP contribution in [-0.2, 0) is 9.59 Å². The van der Waals surface area contributed by atoms with E-state index in [1.165, 1.54) is 0 Å². The molecule has 1 aliphatic rings. The molecule has 0 amide bonds. The highest BCUT2D eigenvalue weighted by atomic mass is 16.4. The summed E-state index contributed by atoms with van der Waals surface area (Å²) < 4.78 is 0. The van der Waals surface area contributed by atoms with Crippen LogP contribution in [0.4, 0.5) is 0 Å². The van der Waals surface area contributed by atoms with Crippen LogP contribution in [0.25, 0.3) is 0 Å². The van der Waals surface area contributed by atoms with Crippen LogP contribution in [0.15, 0.2) is 0 Å². The van der Waals surface area contributed by atoms with Gasteiger partial charge in [0.25, 0.3) is 0 Å². The predicted octanol–water partition coefficient (Wildman–Crippen LogP) is -1.71. The first-order valence-electron chi connectivity index (χ1n) is 4.04. The van der Waals surface area contributed by atoms with E-state index in [2.05, 4.69) is 0 Å². The summed E-state index contributed by atoms with van der Waals surface area (Å²) in [5.74, 6) is -4.71. The fourth-order valence-corrected chi connectivity index (χ4v) is 1.77. The van der Waals surface area contributed by atoms with Crippen molar-refractivity contribution in [2.75, 3.05) is 0 Å². The summed E-state index contributed by atoms with van der Waals surface area (Å²) in [7, 11) is 0. The first kappa shape index (κ1) is 9.03. The summed E-state index contributed by atoms with van der Waals surface area (Å²) in [5, 5.41) is 20.8. The lowest BCUT2D eigenvalue weighted by molar-refractivity contribution is -0.334. The monoisotopic (exact) mass is 170 g/mol. The Morgan fingerprint density at radius 2 is 1.50 bits per heavy atom. The molecule has 1 aliphatic carbocycles. The van der Waals surface area contributed by atoms with Crippen LogP contribution < -0.4 is 10.2 Å². The normalized spacial score (nSPS) is 18.4. The molecule has 0 radical (unpaired) electrons. The van der Waals surface area contributed by atoms with E-state index in [9.17, 15) is 19.8 Å². The summed E-state index contributed by atoms with van der Waals surface area (Å²) in [6, 6.07) is 0. The van der Waals surface area contributed by atoms with Gasteiger partial charge in [0.1, 0.15) is 0 Å². The van der Waals surface area contributed by atoms with Gasteiger partial charge < -0.3 is 19.8 Å². The summed E-state index contributed by atoms with van der Waals surface area (Å²) in [4.78, 5) is 20.8. The maximum atomic E-state index is 10.4. The molecule has 0 N–H and O–H groups in total. The summed E-state index contributed by atoms with van der Waals surface area (Å²) >= 11 is 0. The lowest BCUT2D eigenvalue weighted by Crippen LogP contribution is -2.46. The molecule has 0 aromatic rings. The Kier molecular flexibility index (Phi) is 2.68. The molecule has 4 nitrogen and oxygen atoms in total. The molecule has 0 saturated heterocycles. The van der Waals surface area contributed by atoms with Gasteiger partial charge in [0, 0.05) is 5.92 Å². The Balaban J connectivity index is 2.64. The Hall–Kier alpha value is -1.06. The Morgan fingerprint density at radius 3 is 1.83 bits per heavy atom. The first-order chi connectivity index (χ1) is 5.63. The zero-order valence-corrected chi connectivity index (χ0v) is 6.62. The third-order valence-electron chi connectivity index (χ3n) is 2.38. The van der Waals surface area contributed by atoms with Gasteiger partial charge in [0.15, 0.2) is 0 Å². The smallest absolute Gasteiger partial charge is 0.0504 e. The molecule has 0 aromatic heterocycles. The van der Waals surface area contributed by atoms with Crippen LogP contribution >= 0.6 is 0 Å². The molecule has 0 bridgehead atoms. The van der Waals surface area contributed by atoms with Crippen LogP contribution in [0, 0.1) is 11.8 Å². The van der Waals surface area contributed by atoms with Crippen LogP contribution in [0.3, 0.4) is 0 Å². The Morgan fingerprint density at radius 1 is 1.08 bits per heavy atom. The number of carbonyl (C=O) groups is 2. The van der Waals surface area contributed by atoms with Gasteiger partial charge in [-0.2, -0.15) is 0 Å². The van der Waals surface area contributed by atoms with Crippen molar-refractivity contribution in [2.24, 2.45) is 11.8 Å². The largest absolute Gasteiger partial charge is 0.549 e. The number of carboxylic acid groups (broad SMARTS) is 2. The molecule has 4 heteroatoms. The van der Waals surface area contributed by atoms with Crippen molar-refractivity contribution in [3.8, 4) is 0 Å². The lowest BCUT2D eigenvalue weighted by Gasteiger charge is -2.24. The van der Waals surface area contributed by atoms with E-state index in [0.29, 0.717) is 12.8 Å². The van der Waals surface area contributed by atoms with Gasteiger partial charge >= 0.3 is 0 Å². The van der Waals surface area contributed by atoms with Crippen molar-refractivity contribution in [1.29, 1.82) is 0 Å². The van der Waals surface area contributed by atoms with E-state index >= 15 is 0 Å². The van der Waals surface area contributed by atoms with Gasteiger partial charge in [0.05, 0.1) is 11.9 Å². The molecule has 0 heterocycles. The zero-order chi connectivity index (χ0) is 9.14. The summed E-state index contributed by atoms with van der Waals surface area (Å²) in [6.45, 7) is 0. The molecule has 0 spiro atoms. The van der Waals surface area contributed by atoms with E-state index in [4.69, 9.17) is 0 Å². The maximum Gasteiger partial charge on any atom is 0.0504 e. The van der Waals surface area contributed by atoms with Crippen molar-refractivity contribution in [3.63, 3.8) is 0 Å². The summed E-state index contributed by atoms with van der Waals surface area (Å²) in [5.41, 5.74) is 0. The number of hydrogen-bond acceptors (Lipinski definition) is 4. The van der Waals surface area contributed by atoms with E-state index < -0.39 is 17.9 Å². The maximum absolute atomic E-state index is 10.4. The van der Waals surface area contributed by atoms with Gasteiger partial charge in [0.2, 0.25) is 0 Å². The van der Waals surface area contributed by atoms with E-state index in [0.717, 1.165) is 12.8 Å². The highest BCUT2D eigenvalue weighted by molar-refractivity contribution is 5.91. The highest BCUT2D eigenvalue weighted by Gasteiger charge is 2.26. The third-order valence-corrected chi connectivity index (χ3v) is 2.38. The molecule has 1 saturated carbocycles. The molecule has 0 unspecified atom stereocenters. The average molecular weight is 170 g/mol. The van der Waals surface area contributed by atoms with E-state index in [-0.39, 0.29) is 5.92 Å². The van der Waals surface area contributed by atoms with Crippen molar-refractivity contribution >= 4 is 11.9 Å². The van der Waals surface area contributed by atoms with Gasteiger partial charge in [-0.05, 0) is 18.8 Å². The number of carbonyl (C=O) groups excluding carboxylic acids is 2. The molecule has 12 heavy (non-hydrogen) atoms. The minimum atomic E-state index is -1.51. The lowest BCUT2D eigenvalue weighted by atomic mass is 9.91. The third kappa shape index (κ3) is 1.75. The molecular weight excluding hydrogens is 160 g/mol. The molecule has 0 atom stereocenters. The van der Waals surface area contributed by atoms with Crippen LogP contribution in [0.2, 0.25) is 0 Å². The van der Waals surface area contributed by atoms with Gasteiger partial charge in [-0.15, -0.1) is 0 Å². The Bertz CT molecular complexity index is 179. The fourth-order valence-electron chi connectivity index (χ4n) is 1.77. The molecular formula is C8H10O4-2. The molecule has 1 fully saturated rings. The first-order valence-corrected chi connectivity index (χ1v) is 4.04. The van der Waals surface area contributed by atoms with Gasteiger partial charge in [-0.1, -0.05) is 12.8 Å². The quantitative estimate of drug-likeness (QED) is 0.472. The van der Waals surface area contributed by atoms with Crippen molar-refractivity contribution in [2.45, 2.75) is 25.7 Å². The van der Waals surface area contributed by atoms with Crippen LogP contribution in [0.1, 0.15) is 25.7 Å². The molecule has 0 aliphatic heterocycles. The Labute approximate surface area is 70.2 Å². The van der Waals surface area contributed by atoms with E-state index in [1.807, 2.05) is 0 Å². The fraction of sp³-hybridized carbons (Fsp3) is 0.750. The number of carboxylic acids is 2. The highest BCUT2D eigenvalue weighted by Crippen LogP contribution is 2.30. The second-order valence-corrected chi connectivity index (χ2v) is 3.16. The second kappa shape index (κ2) is 3.56.